The second-order valence-corrected chi connectivity index (χ2v) is 11.6. The first-order valence-electron chi connectivity index (χ1n) is 12.7. The van der Waals surface area contributed by atoms with E-state index in [1.54, 1.807) is 12.1 Å². The summed E-state index contributed by atoms with van der Waals surface area (Å²) in [6.45, 7) is 2.73. The van der Waals surface area contributed by atoms with E-state index in [0.29, 0.717) is 18.1 Å². The zero-order chi connectivity index (χ0) is 23.9. The zero-order valence-corrected chi connectivity index (χ0v) is 20.7. The molecule has 3 unspecified atom stereocenters. The lowest BCUT2D eigenvalue weighted by Crippen LogP contribution is -2.71. The Bertz CT molecular complexity index is 1280. The van der Waals surface area contributed by atoms with Crippen molar-refractivity contribution in [2.75, 3.05) is 30.6 Å². The Kier molecular flexibility index (Phi) is 5.91. The van der Waals surface area contributed by atoms with Crippen LogP contribution in [-0.4, -0.2) is 45.3 Å². The van der Waals surface area contributed by atoms with Crippen molar-refractivity contribution in [2.45, 2.75) is 42.2 Å². The van der Waals surface area contributed by atoms with Gasteiger partial charge in [-0.05, 0) is 48.6 Å². The van der Waals surface area contributed by atoms with Crippen molar-refractivity contribution in [3.8, 4) is 0 Å². The number of anilines is 1. The molecule has 0 aromatic heterocycles. The fourth-order valence-electron chi connectivity index (χ4n) is 6.79. The van der Waals surface area contributed by atoms with Crippen LogP contribution in [-0.2, 0) is 14.8 Å². The number of nitrogens with zero attached hydrogens (tertiary/aromatic N) is 2. The molecule has 2 fully saturated rings. The van der Waals surface area contributed by atoms with Crippen LogP contribution in [0.3, 0.4) is 0 Å². The molecule has 182 valence electrons. The van der Waals surface area contributed by atoms with Crippen LogP contribution in [0.2, 0.25) is 0 Å². The van der Waals surface area contributed by atoms with Crippen LogP contribution >= 0.6 is 0 Å². The molecule has 1 saturated carbocycles. The molecule has 6 heteroatoms. The zero-order valence-electron chi connectivity index (χ0n) is 19.9. The molecule has 2 heterocycles. The molecule has 1 saturated heterocycles. The maximum Gasteiger partial charge on any atom is 0.265 e. The lowest BCUT2D eigenvalue weighted by molar-refractivity contribution is -0.0639. The fourth-order valence-corrected chi connectivity index (χ4v) is 8.69. The Morgan fingerprint density at radius 3 is 2.20 bits per heavy atom. The van der Waals surface area contributed by atoms with Crippen molar-refractivity contribution in [2.24, 2.45) is 5.92 Å². The van der Waals surface area contributed by atoms with Gasteiger partial charge in [-0.1, -0.05) is 73.2 Å². The number of sulfonamides is 1. The highest BCUT2D eigenvalue weighted by Gasteiger charge is 2.60. The van der Waals surface area contributed by atoms with Crippen LogP contribution in [0.25, 0.3) is 0 Å². The number of para-hydroxylation sites is 1. The second-order valence-electron chi connectivity index (χ2n) is 9.86. The van der Waals surface area contributed by atoms with Gasteiger partial charge in [0.05, 0.1) is 23.8 Å². The van der Waals surface area contributed by atoms with Crippen molar-refractivity contribution in [3.05, 3.63) is 96.1 Å². The number of benzene rings is 3. The van der Waals surface area contributed by atoms with Gasteiger partial charge in [0.15, 0.2) is 0 Å². The number of rotatable bonds is 4. The van der Waals surface area contributed by atoms with Crippen LogP contribution in [0.4, 0.5) is 5.69 Å². The van der Waals surface area contributed by atoms with E-state index in [0.717, 1.165) is 50.0 Å². The Balaban J connectivity index is 1.65. The summed E-state index contributed by atoms with van der Waals surface area (Å²) in [4.78, 5) is 2.79. The van der Waals surface area contributed by atoms with E-state index in [4.69, 9.17) is 4.74 Å². The number of hydrogen-bond donors (Lipinski definition) is 0. The van der Waals surface area contributed by atoms with Crippen LogP contribution < -0.4 is 4.31 Å². The Labute approximate surface area is 208 Å². The van der Waals surface area contributed by atoms with Crippen molar-refractivity contribution in [1.82, 2.24) is 4.90 Å². The topological polar surface area (TPSA) is 49.9 Å². The van der Waals surface area contributed by atoms with Gasteiger partial charge in [-0.25, -0.2) is 12.7 Å². The number of morpholine rings is 1. The van der Waals surface area contributed by atoms with E-state index in [9.17, 15) is 8.42 Å². The van der Waals surface area contributed by atoms with Gasteiger partial charge >= 0.3 is 0 Å². The first-order valence-corrected chi connectivity index (χ1v) is 14.2. The van der Waals surface area contributed by atoms with Crippen LogP contribution in [0.15, 0.2) is 89.8 Å². The highest BCUT2D eigenvalue weighted by Crippen LogP contribution is 2.58. The van der Waals surface area contributed by atoms with Crippen molar-refractivity contribution in [1.29, 1.82) is 0 Å². The highest BCUT2D eigenvalue weighted by atomic mass is 32.2. The summed E-state index contributed by atoms with van der Waals surface area (Å²) in [6, 6.07) is 27.8. The number of fused-ring (bicyclic) bond motifs is 2. The average Bonchev–Trinajstić information content (AvgIpc) is 2.92. The van der Waals surface area contributed by atoms with Crippen LogP contribution in [0.5, 0.6) is 0 Å². The molecule has 0 bridgehead atoms. The molecule has 1 aliphatic carbocycles. The summed E-state index contributed by atoms with van der Waals surface area (Å²) in [6.07, 6.45) is 3.94. The minimum absolute atomic E-state index is 0.137. The fraction of sp³-hybridized carbons (Fsp3) is 0.379. The molecule has 3 aromatic carbocycles. The van der Waals surface area contributed by atoms with Gasteiger partial charge in [0.25, 0.3) is 10.0 Å². The molecule has 0 N–H and O–H groups in total. The van der Waals surface area contributed by atoms with Gasteiger partial charge in [0, 0.05) is 24.9 Å². The quantitative estimate of drug-likeness (QED) is 0.504. The summed E-state index contributed by atoms with van der Waals surface area (Å²) >= 11 is 0. The predicted molar refractivity (Wildman–Crippen MR) is 138 cm³/mol. The minimum atomic E-state index is -3.81. The van der Waals surface area contributed by atoms with E-state index in [-0.39, 0.29) is 11.8 Å². The van der Waals surface area contributed by atoms with Gasteiger partial charge in [0.1, 0.15) is 5.66 Å². The lowest BCUT2D eigenvalue weighted by atomic mass is 9.64. The molecular formula is C29H32N2O3S. The summed E-state index contributed by atoms with van der Waals surface area (Å²) in [5.74, 6) is 0.280. The molecule has 0 amide bonds. The summed E-state index contributed by atoms with van der Waals surface area (Å²) in [5, 5.41) is 0. The Morgan fingerprint density at radius 2 is 1.46 bits per heavy atom. The first-order chi connectivity index (χ1) is 17.1. The normalized spacial score (nSPS) is 27.1. The molecule has 3 atom stereocenters. The van der Waals surface area contributed by atoms with Gasteiger partial charge in [-0.3, -0.25) is 4.90 Å². The van der Waals surface area contributed by atoms with Gasteiger partial charge in [-0.15, -0.1) is 0 Å². The Hall–Kier alpha value is -2.67. The van der Waals surface area contributed by atoms with Gasteiger partial charge < -0.3 is 4.74 Å². The molecule has 2 aliphatic heterocycles. The van der Waals surface area contributed by atoms with Crippen molar-refractivity contribution < 1.29 is 13.2 Å². The maximum atomic E-state index is 14.6. The molecule has 6 rings (SSSR count). The minimum Gasteiger partial charge on any atom is -0.379 e. The van der Waals surface area contributed by atoms with E-state index in [2.05, 4.69) is 41.3 Å². The molecule has 5 nitrogen and oxygen atoms in total. The first kappa shape index (κ1) is 22.8. The van der Waals surface area contributed by atoms with E-state index < -0.39 is 15.7 Å². The van der Waals surface area contributed by atoms with Crippen molar-refractivity contribution in [3.63, 3.8) is 0 Å². The smallest absolute Gasteiger partial charge is 0.265 e. The predicted octanol–water partition coefficient (Wildman–Crippen LogP) is 5.25. The third-order valence-corrected chi connectivity index (χ3v) is 10.0. The standard InChI is InChI=1S/C29H32N2O3S/c32-35(33,24-13-5-2-6-14-24)31-27-17-8-7-15-25(27)28(23-11-3-1-4-12-23)26-16-9-10-18-29(26,31)30-19-21-34-22-20-30/h1-8,11-15,17,26,28H,9-10,16,18-22H2. The van der Waals surface area contributed by atoms with E-state index >= 15 is 0 Å². The van der Waals surface area contributed by atoms with E-state index in [1.165, 1.54) is 5.56 Å². The average molecular weight is 489 g/mol. The summed E-state index contributed by atoms with van der Waals surface area (Å²) in [5.41, 5.74) is 2.55. The lowest BCUT2D eigenvalue weighted by Gasteiger charge is -2.62. The monoisotopic (exact) mass is 488 g/mol. The van der Waals surface area contributed by atoms with E-state index in [1.807, 2.05) is 40.7 Å². The van der Waals surface area contributed by atoms with Gasteiger partial charge in [0.2, 0.25) is 0 Å². The highest BCUT2D eigenvalue weighted by molar-refractivity contribution is 7.93. The van der Waals surface area contributed by atoms with Crippen molar-refractivity contribution >= 4 is 15.7 Å². The molecule has 3 aliphatic rings. The number of hydrogen-bond acceptors (Lipinski definition) is 4. The molecule has 35 heavy (non-hydrogen) atoms. The third kappa shape index (κ3) is 3.62. The van der Waals surface area contributed by atoms with Gasteiger partial charge in [-0.2, -0.15) is 0 Å². The summed E-state index contributed by atoms with van der Waals surface area (Å²) < 4.78 is 36.7. The van der Waals surface area contributed by atoms with Crippen LogP contribution in [0, 0.1) is 5.92 Å². The molecule has 0 radical (unpaired) electrons. The largest absolute Gasteiger partial charge is 0.379 e. The Morgan fingerprint density at radius 1 is 0.800 bits per heavy atom. The molecule has 3 aromatic rings. The SMILES string of the molecule is O=S(=O)(c1ccccc1)N1c2ccccc2C(c2ccccc2)C2CCCCC21N1CCOCC1. The van der Waals surface area contributed by atoms with Crippen LogP contribution in [0.1, 0.15) is 42.7 Å². The maximum absolute atomic E-state index is 14.6. The number of ether oxygens (including phenoxy) is 1. The third-order valence-electron chi connectivity index (χ3n) is 8.15. The molecular weight excluding hydrogens is 456 g/mol. The second kappa shape index (κ2) is 9.08. The summed E-state index contributed by atoms with van der Waals surface area (Å²) in [7, 11) is -3.81. The molecule has 0 spiro atoms.